The Labute approximate surface area is 153 Å². The molecule has 2 heteroatoms. The van der Waals surface area contributed by atoms with Crippen LogP contribution in [0, 0.1) is 13.8 Å². The first-order valence-electron chi connectivity index (χ1n) is 9.18. The third kappa shape index (κ3) is 1.78. The lowest BCUT2D eigenvalue weighted by Gasteiger charge is -2.50. The molecule has 0 unspecified atom stereocenters. The fourth-order valence-electron chi connectivity index (χ4n) is 5.09. The summed E-state index contributed by atoms with van der Waals surface area (Å²) in [5, 5.41) is 22.7. The molecule has 0 radical (unpaired) electrons. The average Bonchev–Trinajstić information content (AvgIpc) is 2.64. The van der Waals surface area contributed by atoms with Crippen LogP contribution in [0.5, 0.6) is 0 Å². The van der Waals surface area contributed by atoms with Crippen LogP contribution in [0.15, 0.2) is 60.7 Å². The predicted molar refractivity (Wildman–Crippen MR) is 102 cm³/mol. The Morgan fingerprint density at radius 2 is 0.962 bits per heavy atom. The third-order valence-electron chi connectivity index (χ3n) is 6.45. The Morgan fingerprint density at radius 3 is 1.31 bits per heavy atom. The van der Waals surface area contributed by atoms with Crippen LogP contribution in [-0.4, -0.2) is 10.2 Å². The van der Waals surface area contributed by atoms with Gasteiger partial charge in [0.1, 0.15) is 11.2 Å². The van der Waals surface area contributed by atoms with Gasteiger partial charge >= 0.3 is 0 Å². The summed E-state index contributed by atoms with van der Waals surface area (Å²) < 4.78 is 0. The van der Waals surface area contributed by atoms with Gasteiger partial charge in [0.2, 0.25) is 0 Å². The van der Waals surface area contributed by atoms with Crippen LogP contribution in [0.2, 0.25) is 0 Å². The smallest absolute Gasteiger partial charge is 0.119 e. The highest BCUT2D eigenvalue weighted by Gasteiger charge is 2.52. The highest BCUT2D eigenvalue weighted by Crippen LogP contribution is 2.56. The van der Waals surface area contributed by atoms with E-state index < -0.39 is 11.2 Å². The summed E-state index contributed by atoms with van der Waals surface area (Å²) in [5.41, 5.74) is 6.87. The third-order valence-corrected chi connectivity index (χ3v) is 6.45. The van der Waals surface area contributed by atoms with Crippen LogP contribution in [-0.2, 0) is 24.0 Å². The maximum Gasteiger partial charge on any atom is 0.119 e. The highest BCUT2D eigenvalue weighted by atomic mass is 16.3. The number of fused-ring (bicyclic) bond motifs is 2. The van der Waals surface area contributed by atoms with Crippen molar-refractivity contribution >= 4 is 0 Å². The molecule has 2 N–H and O–H groups in total. The van der Waals surface area contributed by atoms with Crippen molar-refractivity contribution in [3.63, 3.8) is 0 Å². The monoisotopic (exact) mass is 342 g/mol. The summed E-state index contributed by atoms with van der Waals surface area (Å²) in [5.74, 6) is 0. The van der Waals surface area contributed by atoms with Gasteiger partial charge in [0.05, 0.1) is 0 Å². The van der Waals surface area contributed by atoms with Crippen molar-refractivity contribution in [2.45, 2.75) is 37.9 Å². The molecule has 130 valence electrons. The van der Waals surface area contributed by atoms with Gasteiger partial charge in [-0.1, -0.05) is 60.7 Å². The number of aliphatic hydroxyl groups is 2. The summed E-state index contributed by atoms with van der Waals surface area (Å²) >= 11 is 0. The van der Waals surface area contributed by atoms with Crippen LogP contribution in [0.3, 0.4) is 0 Å². The molecule has 2 nitrogen and oxygen atoms in total. The molecular weight excluding hydrogens is 320 g/mol. The first-order valence-corrected chi connectivity index (χ1v) is 9.18. The Kier molecular flexibility index (Phi) is 3.08. The molecule has 0 bridgehead atoms. The molecule has 0 saturated carbocycles. The summed E-state index contributed by atoms with van der Waals surface area (Å²) in [4.78, 5) is 0. The van der Waals surface area contributed by atoms with E-state index >= 15 is 0 Å². The number of benzene rings is 3. The minimum Gasteiger partial charge on any atom is -0.380 e. The Morgan fingerprint density at radius 1 is 0.615 bits per heavy atom. The standard InChI is InChI=1S/C24H22O2/c1-15-19-13-24(26,18-11-7-4-8-12-18)22(19)16(2)20-14-23(25,21(15)20)17-9-5-3-6-10-17/h3-12,25-26H,13-14H2,1-2H3/t23-,24-/m1/s1. The second kappa shape index (κ2) is 5.06. The van der Waals surface area contributed by atoms with Crippen molar-refractivity contribution < 1.29 is 10.2 Å². The van der Waals surface area contributed by atoms with Gasteiger partial charge in [0.15, 0.2) is 0 Å². The summed E-state index contributed by atoms with van der Waals surface area (Å²) in [6.45, 7) is 4.18. The molecular formula is C24H22O2. The lowest BCUT2D eigenvalue weighted by Crippen LogP contribution is -2.48. The van der Waals surface area contributed by atoms with Crippen molar-refractivity contribution in [3.05, 3.63) is 105 Å². The van der Waals surface area contributed by atoms with E-state index in [0.29, 0.717) is 12.8 Å². The van der Waals surface area contributed by atoms with E-state index in [4.69, 9.17) is 0 Å². The molecule has 0 spiro atoms. The van der Waals surface area contributed by atoms with Crippen molar-refractivity contribution in [3.8, 4) is 0 Å². The predicted octanol–water partition coefficient (Wildman–Crippen LogP) is 3.89. The van der Waals surface area contributed by atoms with E-state index in [1.54, 1.807) is 0 Å². The Hall–Kier alpha value is -2.42. The van der Waals surface area contributed by atoms with Crippen molar-refractivity contribution in [1.29, 1.82) is 0 Å². The molecule has 0 aromatic heterocycles. The maximum atomic E-state index is 11.4. The van der Waals surface area contributed by atoms with Gasteiger partial charge in [0, 0.05) is 12.8 Å². The van der Waals surface area contributed by atoms with E-state index in [0.717, 1.165) is 33.4 Å². The molecule has 3 aromatic carbocycles. The van der Waals surface area contributed by atoms with E-state index in [2.05, 4.69) is 13.8 Å². The van der Waals surface area contributed by atoms with E-state index in [-0.39, 0.29) is 0 Å². The van der Waals surface area contributed by atoms with Gasteiger partial charge < -0.3 is 10.2 Å². The lowest BCUT2D eigenvalue weighted by atomic mass is 9.57. The Balaban J connectivity index is 1.68. The largest absolute Gasteiger partial charge is 0.380 e. The Bertz CT molecular complexity index is 922. The van der Waals surface area contributed by atoms with Gasteiger partial charge in [-0.3, -0.25) is 0 Å². The summed E-state index contributed by atoms with van der Waals surface area (Å²) in [7, 11) is 0. The zero-order chi connectivity index (χ0) is 18.1. The van der Waals surface area contributed by atoms with Crippen LogP contribution in [0.4, 0.5) is 0 Å². The van der Waals surface area contributed by atoms with Gasteiger partial charge in [-0.2, -0.15) is 0 Å². The van der Waals surface area contributed by atoms with Crippen LogP contribution in [0.1, 0.15) is 44.5 Å². The molecule has 0 saturated heterocycles. The van der Waals surface area contributed by atoms with E-state index in [1.807, 2.05) is 60.7 Å². The SMILES string of the molecule is Cc1c2c(c(C)c3c1[C@](O)(c1ccccc1)C3)[C@](O)(c1ccccc1)C2. The fraction of sp³-hybridized carbons (Fsp3) is 0.250. The molecule has 0 fully saturated rings. The lowest BCUT2D eigenvalue weighted by molar-refractivity contribution is 0.0422. The second-order valence-electron chi connectivity index (χ2n) is 7.76. The quantitative estimate of drug-likeness (QED) is 0.742. The maximum absolute atomic E-state index is 11.4. The van der Waals surface area contributed by atoms with Crippen LogP contribution in [0.25, 0.3) is 0 Å². The molecule has 0 aliphatic heterocycles. The molecule has 26 heavy (non-hydrogen) atoms. The molecule has 3 aromatic rings. The number of hydrogen-bond donors (Lipinski definition) is 2. The van der Waals surface area contributed by atoms with Gasteiger partial charge in [-0.25, -0.2) is 0 Å². The van der Waals surface area contributed by atoms with Crippen molar-refractivity contribution in [2.75, 3.05) is 0 Å². The van der Waals surface area contributed by atoms with Gasteiger partial charge in [0.25, 0.3) is 0 Å². The van der Waals surface area contributed by atoms with Crippen LogP contribution >= 0.6 is 0 Å². The van der Waals surface area contributed by atoms with Crippen molar-refractivity contribution in [1.82, 2.24) is 0 Å². The average molecular weight is 342 g/mol. The first kappa shape index (κ1) is 15.8. The number of hydrogen-bond acceptors (Lipinski definition) is 2. The molecule has 2 aliphatic carbocycles. The second-order valence-corrected chi connectivity index (χ2v) is 7.76. The van der Waals surface area contributed by atoms with E-state index in [1.165, 1.54) is 11.1 Å². The normalized spacial score (nSPS) is 25.7. The molecule has 0 amide bonds. The molecule has 2 atom stereocenters. The minimum absolute atomic E-state index is 0.608. The van der Waals surface area contributed by atoms with E-state index in [9.17, 15) is 10.2 Å². The number of rotatable bonds is 2. The zero-order valence-corrected chi connectivity index (χ0v) is 15.1. The van der Waals surface area contributed by atoms with Crippen LogP contribution < -0.4 is 0 Å². The molecule has 2 aliphatic rings. The molecule has 0 heterocycles. The fourth-order valence-corrected chi connectivity index (χ4v) is 5.09. The zero-order valence-electron chi connectivity index (χ0n) is 15.1. The first-order chi connectivity index (χ1) is 12.5. The molecule has 5 rings (SSSR count). The van der Waals surface area contributed by atoms with Gasteiger partial charge in [-0.15, -0.1) is 0 Å². The topological polar surface area (TPSA) is 40.5 Å². The summed E-state index contributed by atoms with van der Waals surface area (Å²) in [6.07, 6.45) is 1.22. The van der Waals surface area contributed by atoms with Gasteiger partial charge in [-0.05, 0) is 58.4 Å². The van der Waals surface area contributed by atoms with Crippen molar-refractivity contribution in [2.24, 2.45) is 0 Å². The summed E-state index contributed by atoms with van der Waals surface area (Å²) in [6, 6.07) is 19.8. The highest BCUT2D eigenvalue weighted by molar-refractivity contribution is 5.68. The minimum atomic E-state index is -0.902.